The number of rotatable bonds is 2. The van der Waals surface area contributed by atoms with Gasteiger partial charge in [-0.2, -0.15) is 13.2 Å². The SMILES string of the molecule is CC1CCN(c2cccc(C(F)(F)F)n2)C1CO. The molecule has 1 aromatic heterocycles. The van der Waals surface area contributed by atoms with E-state index in [0.29, 0.717) is 6.54 Å². The Morgan fingerprint density at radius 2 is 2.17 bits per heavy atom. The van der Waals surface area contributed by atoms with E-state index in [1.165, 1.54) is 6.07 Å². The van der Waals surface area contributed by atoms with Crippen LogP contribution in [-0.4, -0.2) is 29.3 Å². The van der Waals surface area contributed by atoms with Gasteiger partial charge in [-0.05, 0) is 24.5 Å². The first-order chi connectivity index (χ1) is 8.43. The van der Waals surface area contributed by atoms with Crippen molar-refractivity contribution in [3.8, 4) is 0 Å². The second-order valence-electron chi connectivity index (χ2n) is 4.59. The van der Waals surface area contributed by atoms with Gasteiger partial charge in [0.05, 0.1) is 12.6 Å². The van der Waals surface area contributed by atoms with Crippen LogP contribution in [0.15, 0.2) is 18.2 Å². The number of hydrogen-bond donors (Lipinski definition) is 1. The minimum Gasteiger partial charge on any atom is -0.394 e. The summed E-state index contributed by atoms with van der Waals surface area (Å²) in [5.74, 6) is 0.541. The predicted molar refractivity (Wildman–Crippen MR) is 61.2 cm³/mol. The van der Waals surface area contributed by atoms with Crippen LogP contribution in [0.5, 0.6) is 0 Å². The molecule has 0 aromatic carbocycles. The Morgan fingerprint density at radius 3 is 2.78 bits per heavy atom. The first kappa shape index (κ1) is 13.1. The summed E-state index contributed by atoms with van der Waals surface area (Å²) >= 11 is 0. The molecular weight excluding hydrogens is 245 g/mol. The van der Waals surface area contributed by atoms with Gasteiger partial charge >= 0.3 is 6.18 Å². The molecule has 100 valence electrons. The summed E-state index contributed by atoms with van der Waals surface area (Å²) in [6.45, 7) is 2.54. The van der Waals surface area contributed by atoms with E-state index in [4.69, 9.17) is 0 Å². The van der Waals surface area contributed by atoms with E-state index in [-0.39, 0.29) is 24.4 Å². The number of pyridine rings is 1. The van der Waals surface area contributed by atoms with Crippen LogP contribution in [0.2, 0.25) is 0 Å². The Balaban J connectivity index is 2.29. The van der Waals surface area contributed by atoms with Crippen molar-refractivity contribution < 1.29 is 18.3 Å². The van der Waals surface area contributed by atoms with Crippen molar-refractivity contribution in [3.63, 3.8) is 0 Å². The van der Waals surface area contributed by atoms with Gasteiger partial charge < -0.3 is 10.0 Å². The van der Waals surface area contributed by atoms with Crippen LogP contribution in [0.3, 0.4) is 0 Å². The molecule has 1 aromatic rings. The van der Waals surface area contributed by atoms with Crippen molar-refractivity contribution in [1.82, 2.24) is 4.98 Å². The minimum absolute atomic E-state index is 0.0703. The lowest BCUT2D eigenvalue weighted by atomic mass is 10.0. The largest absolute Gasteiger partial charge is 0.433 e. The maximum Gasteiger partial charge on any atom is 0.433 e. The Kier molecular flexibility index (Phi) is 3.47. The lowest BCUT2D eigenvalue weighted by Crippen LogP contribution is -2.36. The fourth-order valence-electron chi connectivity index (χ4n) is 2.31. The molecule has 0 amide bonds. The molecule has 0 spiro atoms. The molecule has 2 atom stereocenters. The standard InChI is InChI=1S/C12H15F3N2O/c1-8-5-6-17(9(8)7-18)11-4-2-3-10(16-11)12(13,14)15/h2-4,8-9,18H,5-7H2,1H3. The van der Waals surface area contributed by atoms with Gasteiger partial charge in [0, 0.05) is 6.54 Å². The molecule has 2 rings (SSSR count). The number of aliphatic hydroxyl groups is 1. The van der Waals surface area contributed by atoms with Crippen LogP contribution in [0.4, 0.5) is 19.0 Å². The molecule has 1 fully saturated rings. The highest BCUT2D eigenvalue weighted by Crippen LogP contribution is 2.32. The van der Waals surface area contributed by atoms with E-state index in [1.54, 1.807) is 11.0 Å². The van der Waals surface area contributed by atoms with Gasteiger partial charge in [0.15, 0.2) is 0 Å². The van der Waals surface area contributed by atoms with E-state index in [0.717, 1.165) is 12.5 Å². The Morgan fingerprint density at radius 1 is 1.44 bits per heavy atom. The molecule has 0 radical (unpaired) electrons. The van der Waals surface area contributed by atoms with Crippen molar-refractivity contribution >= 4 is 5.82 Å². The molecule has 2 unspecified atom stereocenters. The van der Waals surface area contributed by atoms with Crippen LogP contribution < -0.4 is 4.90 Å². The quantitative estimate of drug-likeness (QED) is 0.886. The molecule has 1 N–H and O–H groups in total. The number of nitrogens with zero attached hydrogens (tertiary/aromatic N) is 2. The van der Waals surface area contributed by atoms with E-state index in [9.17, 15) is 18.3 Å². The van der Waals surface area contributed by atoms with Crippen LogP contribution in [0, 0.1) is 5.92 Å². The number of aromatic nitrogens is 1. The second kappa shape index (κ2) is 4.76. The number of halogens is 3. The Bertz CT molecular complexity index is 422. The second-order valence-corrected chi connectivity index (χ2v) is 4.59. The average molecular weight is 260 g/mol. The summed E-state index contributed by atoms with van der Waals surface area (Å²) in [5.41, 5.74) is -0.892. The maximum absolute atomic E-state index is 12.6. The van der Waals surface area contributed by atoms with Gasteiger partial charge in [-0.1, -0.05) is 13.0 Å². The maximum atomic E-state index is 12.6. The zero-order chi connectivity index (χ0) is 13.3. The van der Waals surface area contributed by atoms with Gasteiger partial charge in [-0.15, -0.1) is 0 Å². The van der Waals surface area contributed by atoms with Crippen molar-refractivity contribution in [2.45, 2.75) is 25.6 Å². The van der Waals surface area contributed by atoms with Crippen LogP contribution >= 0.6 is 0 Å². The number of aliphatic hydroxyl groups excluding tert-OH is 1. The molecule has 0 aliphatic carbocycles. The van der Waals surface area contributed by atoms with Crippen LogP contribution in [0.1, 0.15) is 19.0 Å². The summed E-state index contributed by atoms with van der Waals surface area (Å²) in [5, 5.41) is 9.31. The average Bonchev–Trinajstić information content (AvgIpc) is 2.69. The Labute approximate surface area is 103 Å². The third kappa shape index (κ3) is 2.43. The predicted octanol–water partition coefficient (Wildman–Crippen LogP) is 2.31. The highest BCUT2D eigenvalue weighted by Gasteiger charge is 2.35. The molecule has 18 heavy (non-hydrogen) atoms. The van der Waals surface area contributed by atoms with Crippen LogP contribution in [0.25, 0.3) is 0 Å². The van der Waals surface area contributed by atoms with Crippen molar-refractivity contribution in [2.24, 2.45) is 5.92 Å². The third-order valence-electron chi connectivity index (χ3n) is 3.39. The normalized spacial score (nSPS) is 24.6. The monoisotopic (exact) mass is 260 g/mol. The third-order valence-corrected chi connectivity index (χ3v) is 3.39. The number of alkyl halides is 3. The fourth-order valence-corrected chi connectivity index (χ4v) is 2.31. The molecular formula is C12H15F3N2O. The highest BCUT2D eigenvalue weighted by atomic mass is 19.4. The first-order valence-electron chi connectivity index (χ1n) is 5.85. The number of anilines is 1. The van der Waals surface area contributed by atoms with Crippen molar-refractivity contribution in [3.05, 3.63) is 23.9 Å². The van der Waals surface area contributed by atoms with Crippen molar-refractivity contribution in [2.75, 3.05) is 18.1 Å². The van der Waals surface area contributed by atoms with Gasteiger partial charge in [-0.25, -0.2) is 4.98 Å². The molecule has 3 nitrogen and oxygen atoms in total. The van der Waals surface area contributed by atoms with Gasteiger partial charge in [0.25, 0.3) is 0 Å². The summed E-state index contributed by atoms with van der Waals surface area (Å²) in [6, 6.07) is 3.70. The molecule has 1 saturated heterocycles. The van der Waals surface area contributed by atoms with E-state index < -0.39 is 11.9 Å². The lowest BCUT2D eigenvalue weighted by molar-refractivity contribution is -0.141. The van der Waals surface area contributed by atoms with E-state index in [2.05, 4.69) is 4.98 Å². The zero-order valence-corrected chi connectivity index (χ0v) is 9.98. The van der Waals surface area contributed by atoms with Gasteiger partial charge in [0.1, 0.15) is 11.5 Å². The number of hydrogen-bond acceptors (Lipinski definition) is 3. The first-order valence-corrected chi connectivity index (χ1v) is 5.85. The minimum atomic E-state index is -4.43. The topological polar surface area (TPSA) is 36.4 Å². The van der Waals surface area contributed by atoms with Crippen molar-refractivity contribution in [1.29, 1.82) is 0 Å². The van der Waals surface area contributed by atoms with Gasteiger partial charge in [0.2, 0.25) is 0 Å². The summed E-state index contributed by atoms with van der Waals surface area (Å²) in [6.07, 6.45) is -3.58. The summed E-state index contributed by atoms with van der Waals surface area (Å²) < 4.78 is 37.7. The molecule has 0 bridgehead atoms. The Hall–Kier alpha value is -1.30. The zero-order valence-electron chi connectivity index (χ0n) is 9.98. The molecule has 2 heterocycles. The molecule has 1 aliphatic rings. The summed E-state index contributed by atoms with van der Waals surface area (Å²) in [4.78, 5) is 5.40. The fraction of sp³-hybridized carbons (Fsp3) is 0.583. The lowest BCUT2D eigenvalue weighted by Gasteiger charge is -2.26. The molecule has 0 saturated carbocycles. The molecule has 1 aliphatic heterocycles. The smallest absolute Gasteiger partial charge is 0.394 e. The molecule has 6 heteroatoms. The van der Waals surface area contributed by atoms with E-state index >= 15 is 0 Å². The highest BCUT2D eigenvalue weighted by molar-refractivity contribution is 5.42. The summed E-state index contributed by atoms with van der Waals surface area (Å²) in [7, 11) is 0. The van der Waals surface area contributed by atoms with Crippen LogP contribution in [-0.2, 0) is 6.18 Å². The van der Waals surface area contributed by atoms with Gasteiger partial charge in [-0.3, -0.25) is 0 Å². The van der Waals surface area contributed by atoms with E-state index in [1.807, 2.05) is 6.92 Å².